The van der Waals surface area contributed by atoms with Crippen molar-refractivity contribution in [2.75, 3.05) is 12.4 Å². The average Bonchev–Trinajstić information content (AvgIpc) is 1.97. The first kappa shape index (κ1) is 10.8. The number of aliphatic hydroxyl groups is 1. The van der Waals surface area contributed by atoms with Crippen molar-refractivity contribution in [1.82, 2.24) is 0 Å². The SMILES string of the molecule is CC(CO)SCCCC(=O)O. The Morgan fingerprint density at radius 3 is 2.73 bits per heavy atom. The predicted molar refractivity (Wildman–Crippen MR) is 45.9 cm³/mol. The van der Waals surface area contributed by atoms with E-state index in [1.165, 1.54) is 0 Å². The van der Waals surface area contributed by atoms with Crippen LogP contribution in [0.4, 0.5) is 0 Å². The van der Waals surface area contributed by atoms with E-state index in [2.05, 4.69) is 0 Å². The molecule has 0 radical (unpaired) electrons. The van der Waals surface area contributed by atoms with Crippen molar-refractivity contribution in [3.8, 4) is 0 Å². The van der Waals surface area contributed by atoms with Crippen LogP contribution in [0.1, 0.15) is 19.8 Å². The lowest BCUT2D eigenvalue weighted by Gasteiger charge is -2.05. The summed E-state index contributed by atoms with van der Waals surface area (Å²) in [5.74, 6) is 0.0656. The van der Waals surface area contributed by atoms with E-state index in [9.17, 15) is 4.79 Å². The van der Waals surface area contributed by atoms with Crippen LogP contribution in [-0.4, -0.2) is 33.8 Å². The van der Waals surface area contributed by atoms with Crippen LogP contribution in [0.25, 0.3) is 0 Å². The Hall–Kier alpha value is -0.220. The summed E-state index contributed by atoms with van der Waals surface area (Å²) in [6.45, 7) is 2.09. The number of thioether (sulfide) groups is 1. The molecular formula is C7H14O3S. The molecule has 0 heterocycles. The van der Waals surface area contributed by atoms with E-state index in [-0.39, 0.29) is 18.3 Å². The van der Waals surface area contributed by atoms with Gasteiger partial charge in [0.15, 0.2) is 0 Å². The Morgan fingerprint density at radius 2 is 2.27 bits per heavy atom. The van der Waals surface area contributed by atoms with E-state index in [0.717, 1.165) is 5.75 Å². The zero-order chi connectivity index (χ0) is 8.69. The van der Waals surface area contributed by atoms with Crippen LogP contribution in [-0.2, 0) is 4.79 Å². The summed E-state index contributed by atoms with van der Waals surface area (Å²) >= 11 is 1.61. The normalized spacial score (nSPS) is 12.9. The van der Waals surface area contributed by atoms with Gasteiger partial charge in [0.25, 0.3) is 0 Å². The molecular weight excluding hydrogens is 164 g/mol. The van der Waals surface area contributed by atoms with Crippen LogP contribution in [0, 0.1) is 0 Å². The van der Waals surface area contributed by atoms with E-state index in [1.54, 1.807) is 11.8 Å². The molecule has 1 atom stereocenters. The molecule has 0 bridgehead atoms. The van der Waals surface area contributed by atoms with Gasteiger partial charge >= 0.3 is 5.97 Å². The van der Waals surface area contributed by atoms with Crippen molar-refractivity contribution < 1.29 is 15.0 Å². The first-order chi connectivity index (χ1) is 5.16. The zero-order valence-electron chi connectivity index (χ0n) is 6.62. The van der Waals surface area contributed by atoms with Gasteiger partial charge in [-0.05, 0) is 12.2 Å². The van der Waals surface area contributed by atoms with E-state index < -0.39 is 5.97 Å². The van der Waals surface area contributed by atoms with Gasteiger partial charge in [-0.15, -0.1) is 0 Å². The van der Waals surface area contributed by atoms with Crippen LogP contribution in [0.3, 0.4) is 0 Å². The van der Waals surface area contributed by atoms with Gasteiger partial charge in [0, 0.05) is 11.7 Å². The smallest absolute Gasteiger partial charge is 0.303 e. The number of aliphatic hydroxyl groups excluding tert-OH is 1. The maximum absolute atomic E-state index is 10.1. The van der Waals surface area contributed by atoms with Crippen molar-refractivity contribution in [1.29, 1.82) is 0 Å². The lowest BCUT2D eigenvalue weighted by molar-refractivity contribution is -0.137. The average molecular weight is 178 g/mol. The number of rotatable bonds is 6. The van der Waals surface area contributed by atoms with Gasteiger partial charge in [0.2, 0.25) is 0 Å². The van der Waals surface area contributed by atoms with Gasteiger partial charge < -0.3 is 10.2 Å². The Kier molecular flexibility index (Phi) is 6.36. The number of aliphatic carboxylic acids is 1. The standard InChI is InChI=1S/C7H14O3S/c1-6(5-8)11-4-2-3-7(9)10/h6,8H,2-5H2,1H3,(H,9,10). The molecule has 0 rings (SSSR count). The largest absolute Gasteiger partial charge is 0.481 e. The van der Waals surface area contributed by atoms with Crippen LogP contribution in [0.15, 0.2) is 0 Å². The topological polar surface area (TPSA) is 57.5 Å². The first-order valence-electron chi connectivity index (χ1n) is 3.61. The molecule has 0 amide bonds. The molecule has 0 aromatic rings. The Bertz CT molecular complexity index is 116. The molecule has 66 valence electrons. The molecule has 0 spiro atoms. The highest BCUT2D eigenvalue weighted by Crippen LogP contribution is 2.11. The lowest BCUT2D eigenvalue weighted by Crippen LogP contribution is -2.04. The monoisotopic (exact) mass is 178 g/mol. The van der Waals surface area contributed by atoms with Crippen molar-refractivity contribution >= 4 is 17.7 Å². The van der Waals surface area contributed by atoms with Crippen molar-refractivity contribution in [3.05, 3.63) is 0 Å². The second kappa shape index (κ2) is 6.49. The maximum atomic E-state index is 10.1. The minimum absolute atomic E-state index is 0.164. The van der Waals surface area contributed by atoms with Crippen molar-refractivity contribution in [2.45, 2.75) is 25.0 Å². The summed E-state index contributed by atoms with van der Waals surface area (Å²) in [5, 5.41) is 17.1. The highest BCUT2D eigenvalue weighted by atomic mass is 32.2. The molecule has 4 heteroatoms. The molecule has 0 aliphatic carbocycles. The summed E-state index contributed by atoms with van der Waals surface area (Å²) in [6.07, 6.45) is 0.912. The van der Waals surface area contributed by atoms with E-state index in [4.69, 9.17) is 10.2 Å². The minimum Gasteiger partial charge on any atom is -0.481 e. The van der Waals surface area contributed by atoms with Gasteiger partial charge in [-0.2, -0.15) is 11.8 Å². The third kappa shape index (κ3) is 7.68. The molecule has 2 N–H and O–H groups in total. The second-order valence-corrected chi connectivity index (χ2v) is 3.91. The fraction of sp³-hybridized carbons (Fsp3) is 0.857. The Labute approximate surface area is 70.8 Å². The molecule has 0 aromatic heterocycles. The number of carbonyl (C=O) groups is 1. The van der Waals surface area contributed by atoms with Gasteiger partial charge in [0.05, 0.1) is 6.61 Å². The summed E-state index contributed by atoms with van der Waals surface area (Å²) in [7, 11) is 0. The quantitative estimate of drug-likeness (QED) is 0.595. The number of hydrogen-bond acceptors (Lipinski definition) is 3. The van der Waals surface area contributed by atoms with Gasteiger partial charge in [-0.25, -0.2) is 0 Å². The molecule has 0 saturated carbocycles. The molecule has 0 aromatic carbocycles. The maximum Gasteiger partial charge on any atom is 0.303 e. The van der Waals surface area contributed by atoms with Crippen molar-refractivity contribution in [2.24, 2.45) is 0 Å². The number of carboxylic acid groups (broad SMARTS) is 1. The number of hydrogen-bond donors (Lipinski definition) is 2. The third-order valence-electron chi connectivity index (χ3n) is 1.19. The first-order valence-corrected chi connectivity index (χ1v) is 4.66. The summed E-state index contributed by atoms with van der Waals surface area (Å²) in [6, 6.07) is 0. The Morgan fingerprint density at radius 1 is 1.64 bits per heavy atom. The zero-order valence-corrected chi connectivity index (χ0v) is 7.43. The van der Waals surface area contributed by atoms with Crippen LogP contribution in [0.5, 0.6) is 0 Å². The molecule has 0 fully saturated rings. The minimum atomic E-state index is -0.748. The molecule has 1 unspecified atom stereocenters. The van der Waals surface area contributed by atoms with E-state index in [0.29, 0.717) is 6.42 Å². The fourth-order valence-electron chi connectivity index (χ4n) is 0.561. The van der Waals surface area contributed by atoms with E-state index in [1.807, 2.05) is 6.92 Å². The third-order valence-corrected chi connectivity index (χ3v) is 2.44. The summed E-state index contributed by atoms with van der Waals surface area (Å²) in [4.78, 5) is 10.1. The highest BCUT2D eigenvalue weighted by Gasteiger charge is 2.00. The molecule has 11 heavy (non-hydrogen) atoms. The van der Waals surface area contributed by atoms with Crippen LogP contribution >= 0.6 is 11.8 Å². The fourth-order valence-corrected chi connectivity index (χ4v) is 1.38. The second-order valence-electron chi connectivity index (χ2n) is 2.36. The molecule has 0 saturated heterocycles. The predicted octanol–water partition coefficient (Wildman–Crippen LogP) is 0.965. The highest BCUT2D eigenvalue weighted by molar-refractivity contribution is 7.99. The Balaban J connectivity index is 3.08. The number of carboxylic acids is 1. The van der Waals surface area contributed by atoms with Gasteiger partial charge in [0.1, 0.15) is 0 Å². The molecule has 0 aliphatic heterocycles. The summed E-state index contributed by atoms with van der Waals surface area (Å²) in [5.41, 5.74) is 0. The lowest BCUT2D eigenvalue weighted by atomic mass is 10.3. The van der Waals surface area contributed by atoms with Crippen LogP contribution in [0.2, 0.25) is 0 Å². The summed E-state index contributed by atoms with van der Waals surface area (Å²) < 4.78 is 0. The van der Waals surface area contributed by atoms with E-state index >= 15 is 0 Å². The molecule has 0 aliphatic rings. The molecule has 3 nitrogen and oxygen atoms in total. The van der Waals surface area contributed by atoms with Crippen molar-refractivity contribution in [3.63, 3.8) is 0 Å². The van der Waals surface area contributed by atoms with Gasteiger partial charge in [-0.1, -0.05) is 6.92 Å². The van der Waals surface area contributed by atoms with Crippen LogP contribution < -0.4 is 0 Å². The van der Waals surface area contributed by atoms with Gasteiger partial charge in [-0.3, -0.25) is 4.79 Å².